The van der Waals surface area contributed by atoms with Gasteiger partial charge in [0.2, 0.25) is 0 Å². The number of aromatic nitrogens is 2. The monoisotopic (exact) mass is 229 g/mol. The molecule has 0 spiro atoms. The van der Waals surface area contributed by atoms with Crippen molar-refractivity contribution in [3.63, 3.8) is 0 Å². The Kier molecular flexibility index (Phi) is 2.65. The molecule has 17 heavy (non-hydrogen) atoms. The molecule has 1 aliphatic rings. The summed E-state index contributed by atoms with van der Waals surface area (Å²) in [4.78, 5) is 19.6. The van der Waals surface area contributed by atoms with Crippen molar-refractivity contribution in [1.82, 2.24) is 15.3 Å². The number of nitrogens with one attached hydrogen (secondary N) is 2. The molecule has 4 heteroatoms. The van der Waals surface area contributed by atoms with E-state index in [2.05, 4.69) is 15.3 Å². The summed E-state index contributed by atoms with van der Waals surface area (Å²) in [5.41, 5.74) is 1.75. The van der Waals surface area contributed by atoms with E-state index in [-0.39, 0.29) is 11.7 Å². The van der Waals surface area contributed by atoms with Crippen LogP contribution in [0.4, 0.5) is 0 Å². The number of Topliss-reactive ketones (excluding diaryl/α,β-unsaturated/α-hetero) is 1. The van der Waals surface area contributed by atoms with E-state index >= 15 is 0 Å². The normalized spacial score (nSPS) is 17.4. The lowest BCUT2D eigenvalue weighted by atomic mass is 9.90. The molecule has 0 bridgehead atoms. The molecule has 0 aliphatic carbocycles. The van der Waals surface area contributed by atoms with Crippen molar-refractivity contribution in [2.75, 3.05) is 13.1 Å². The van der Waals surface area contributed by atoms with Gasteiger partial charge in [0.05, 0.1) is 11.7 Å². The topological polar surface area (TPSA) is 57.8 Å². The Morgan fingerprint density at radius 1 is 1.35 bits per heavy atom. The number of carbonyl (C=O) groups is 1. The number of ketones is 1. The Morgan fingerprint density at radius 3 is 3.00 bits per heavy atom. The summed E-state index contributed by atoms with van der Waals surface area (Å²) in [5, 5.41) is 4.27. The summed E-state index contributed by atoms with van der Waals surface area (Å²) in [6, 6.07) is 1.90. The SMILES string of the molecule is O=C(c1c[nH]c2cnccc12)C1CCNCC1. The maximum absolute atomic E-state index is 12.4. The van der Waals surface area contributed by atoms with Crippen LogP contribution in [0.25, 0.3) is 10.9 Å². The van der Waals surface area contributed by atoms with Gasteiger partial charge in [-0.05, 0) is 32.0 Å². The molecule has 3 rings (SSSR count). The Morgan fingerprint density at radius 2 is 2.18 bits per heavy atom. The van der Waals surface area contributed by atoms with Crippen LogP contribution < -0.4 is 5.32 Å². The standard InChI is InChI=1S/C13H15N3O/c17-13(9-1-4-14-5-2-9)11-7-16-12-8-15-6-3-10(11)12/h3,6-9,14,16H,1-2,4-5H2. The van der Waals surface area contributed by atoms with Crippen molar-refractivity contribution < 1.29 is 4.79 Å². The van der Waals surface area contributed by atoms with Gasteiger partial charge in [0, 0.05) is 29.3 Å². The van der Waals surface area contributed by atoms with E-state index in [0.29, 0.717) is 0 Å². The lowest BCUT2D eigenvalue weighted by molar-refractivity contribution is 0.0897. The molecular weight excluding hydrogens is 214 g/mol. The third kappa shape index (κ3) is 1.85. The second-order valence-electron chi connectivity index (χ2n) is 4.51. The Labute approximate surface area is 99.4 Å². The van der Waals surface area contributed by atoms with Gasteiger partial charge in [0.15, 0.2) is 5.78 Å². The van der Waals surface area contributed by atoms with Crippen LogP contribution in [0.15, 0.2) is 24.7 Å². The van der Waals surface area contributed by atoms with Crippen LogP contribution in [0, 0.1) is 5.92 Å². The molecule has 1 aliphatic heterocycles. The van der Waals surface area contributed by atoms with E-state index in [1.165, 1.54) is 0 Å². The minimum Gasteiger partial charge on any atom is -0.359 e. The molecule has 3 heterocycles. The highest BCUT2D eigenvalue weighted by atomic mass is 16.1. The van der Waals surface area contributed by atoms with Gasteiger partial charge in [-0.25, -0.2) is 0 Å². The van der Waals surface area contributed by atoms with E-state index in [1.54, 1.807) is 12.4 Å². The van der Waals surface area contributed by atoms with Crippen molar-refractivity contribution in [2.24, 2.45) is 5.92 Å². The van der Waals surface area contributed by atoms with Crippen molar-refractivity contribution >= 4 is 16.7 Å². The van der Waals surface area contributed by atoms with Gasteiger partial charge in [-0.2, -0.15) is 0 Å². The number of carbonyl (C=O) groups excluding carboxylic acids is 1. The smallest absolute Gasteiger partial charge is 0.168 e. The molecule has 1 saturated heterocycles. The van der Waals surface area contributed by atoms with Gasteiger partial charge in [-0.1, -0.05) is 0 Å². The van der Waals surface area contributed by atoms with E-state index < -0.39 is 0 Å². The summed E-state index contributed by atoms with van der Waals surface area (Å²) in [6.07, 6.45) is 7.19. The average Bonchev–Trinajstić information content (AvgIpc) is 2.83. The Bertz CT molecular complexity index is 540. The summed E-state index contributed by atoms with van der Waals surface area (Å²) >= 11 is 0. The van der Waals surface area contributed by atoms with Gasteiger partial charge in [-0.3, -0.25) is 9.78 Å². The number of piperidine rings is 1. The first-order valence-corrected chi connectivity index (χ1v) is 6.02. The second-order valence-corrected chi connectivity index (χ2v) is 4.51. The minimum atomic E-state index is 0.170. The molecule has 0 atom stereocenters. The fraction of sp³-hybridized carbons (Fsp3) is 0.385. The van der Waals surface area contributed by atoms with Crippen LogP contribution in [-0.4, -0.2) is 28.8 Å². The van der Waals surface area contributed by atoms with Crippen molar-refractivity contribution in [2.45, 2.75) is 12.8 Å². The first-order valence-electron chi connectivity index (χ1n) is 6.02. The predicted molar refractivity (Wildman–Crippen MR) is 66.0 cm³/mol. The third-order valence-electron chi connectivity index (χ3n) is 3.46. The van der Waals surface area contributed by atoms with E-state index in [9.17, 15) is 4.79 Å². The van der Waals surface area contributed by atoms with Gasteiger partial charge < -0.3 is 10.3 Å². The Balaban J connectivity index is 1.95. The highest BCUT2D eigenvalue weighted by molar-refractivity contribution is 6.08. The van der Waals surface area contributed by atoms with Crippen molar-refractivity contribution in [3.05, 3.63) is 30.2 Å². The van der Waals surface area contributed by atoms with E-state index in [1.807, 2.05) is 12.3 Å². The van der Waals surface area contributed by atoms with Crippen LogP contribution in [0.1, 0.15) is 23.2 Å². The highest BCUT2D eigenvalue weighted by Gasteiger charge is 2.24. The first kappa shape index (κ1) is 10.5. The highest BCUT2D eigenvalue weighted by Crippen LogP contribution is 2.23. The number of fused-ring (bicyclic) bond motifs is 1. The molecule has 0 radical (unpaired) electrons. The zero-order valence-electron chi connectivity index (χ0n) is 9.57. The quantitative estimate of drug-likeness (QED) is 0.771. The largest absolute Gasteiger partial charge is 0.359 e. The summed E-state index contributed by atoms with van der Waals surface area (Å²) in [7, 11) is 0. The van der Waals surface area contributed by atoms with E-state index in [0.717, 1.165) is 42.4 Å². The number of nitrogens with zero attached hydrogens (tertiary/aromatic N) is 1. The van der Waals surface area contributed by atoms with E-state index in [4.69, 9.17) is 0 Å². The van der Waals surface area contributed by atoms with Crippen LogP contribution >= 0.6 is 0 Å². The zero-order chi connectivity index (χ0) is 11.7. The fourth-order valence-corrected chi connectivity index (χ4v) is 2.48. The van der Waals surface area contributed by atoms with Gasteiger partial charge in [0.25, 0.3) is 0 Å². The number of aromatic amines is 1. The number of pyridine rings is 1. The maximum atomic E-state index is 12.4. The summed E-state index contributed by atoms with van der Waals surface area (Å²) < 4.78 is 0. The number of hydrogen-bond acceptors (Lipinski definition) is 3. The predicted octanol–water partition coefficient (Wildman–Crippen LogP) is 1.75. The van der Waals surface area contributed by atoms with Gasteiger partial charge >= 0.3 is 0 Å². The van der Waals surface area contributed by atoms with Crippen LogP contribution in [-0.2, 0) is 0 Å². The lowest BCUT2D eigenvalue weighted by Gasteiger charge is -2.21. The molecule has 0 amide bonds. The molecular formula is C13H15N3O. The summed E-state index contributed by atoms with van der Waals surface area (Å²) in [6.45, 7) is 1.89. The number of H-pyrrole nitrogens is 1. The number of rotatable bonds is 2. The van der Waals surface area contributed by atoms with Crippen molar-refractivity contribution in [1.29, 1.82) is 0 Å². The second kappa shape index (κ2) is 4.30. The Hall–Kier alpha value is -1.68. The zero-order valence-corrected chi connectivity index (χ0v) is 9.57. The fourth-order valence-electron chi connectivity index (χ4n) is 2.48. The molecule has 2 aromatic rings. The maximum Gasteiger partial charge on any atom is 0.168 e. The van der Waals surface area contributed by atoms with Gasteiger partial charge in [0.1, 0.15) is 0 Å². The molecule has 88 valence electrons. The van der Waals surface area contributed by atoms with Crippen molar-refractivity contribution in [3.8, 4) is 0 Å². The number of hydrogen-bond donors (Lipinski definition) is 2. The minimum absolute atomic E-state index is 0.170. The molecule has 2 aromatic heterocycles. The molecule has 0 saturated carbocycles. The lowest BCUT2D eigenvalue weighted by Crippen LogP contribution is -2.31. The molecule has 1 fully saturated rings. The van der Waals surface area contributed by atoms with Crippen LogP contribution in [0.5, 0.6) is 0 Å². The van der Waals surface area contributed by atoms with Crippen LogP contribution in [0.3, 0.4) is 0 Å². The van der Waals surface area contributed by atoms with Gasteiger partial charge in [-0.15, -0.1) is 0 Å². The first-order chi connectivity index (χ1) is 8.36. The molecule has 2 N–H and O–H groups in total. The molecule has 0 aromatic carbocycles. The van der Waals surface area contributed by atoms with Crippen LogP contribution in [0.2, 0.25) is 0 Å². The average molecular weight is 229 g/mol. The molecule has 4 nitrogen and oxygen atoms in total. The third-order valence-corrected chi connectivity index (χ3v) is 3.46. The molecule has 0 unspecified atom stereocenters. The summed E-state index contributed by atoms with van der Waals surface area (Å²) in [5.74, 6) is 0.437.